The number of aryl methyl sites for hydroxylation is 3. The number of hydrogen-bond acceptors (Lipinski definition) is 3. The van der Waals surface area contributed by atoms with Crippen LogP contribution in [0.3, 0.4) is 0 Å². The van der Waals surface area contributed by atoms with Crippen LogP contribution in [-0.4, -0.2) is 24.5 Å². The van der Waals surface area contributed by atoms with Gasteiger partial charge in [0.15, 0.2) is 0 Å². The summed E-state index contributed by atoms with van der Waals surface area (Å²) in [5.74, 6) is -0.0301. The van der Waals surface area contributed by atoms with E-state index in [4.69, 9.17) is 0 Å². The molecule has 0 saturated heterocycles. The number of pyridine rings is 1. The minimum atomic E-state index is -0.0301. The number of rotatable bonds is 4. The lowest BCUT2D eigenvalue weighted by atomic mass is 10.1. The van der Waals surface area contributed by atoms with E-state index < -0.39 is 0 Å². The summed E-state index contributed by atoms with van der Waals surface area (Å²) in [4.78, 5) is 18.9. The SMILES string of the molecule is Cc1ccc2nccc(N(C)CC(=O)Nc3c(C)cccc3C)c2c1. The number of benzene rings is 2. The van der Waals surface area contributed by atoms with E-state index in [2.05, 4.69) is 23.3 Å². The standard InChI is InChI=1S/C21H23N3O/c1-14-8-9-18-17(12-14)19(10-11-22-18)24(4)13-20(25)23-21-15(2)6-5-7-16(21)3/h5-12H,13H2,1-4H3,(H,23,25). The fourth-order valence-electron chi connectivity index (χ4n) is 3.07. The Bertz CT molecular complexity index is 913. The number of nitrogens with zero attached hydrogens (tertiary/aromatic N) is 2. The quantitative estimate of drug-likeness (QED) is 0.777. The Kier molecular flexibility index (Phi) is 4.70. The van der Waals surface area contributed by atoms with Crippen LogP contribution in [0.5, 0.6) is 0 Å². The first-order valence-corrected chi connectivity index (χ1v) is 8.38. The third-order valence-electron chi connectivity index (χ3n) is 4.41. The smallest absolute Gasteiger partial charge is 0.243 e. The number of hydrogen-bond donors (Lipinski definition) is 1. The van der Waals surface area contributed by atoms with Gasteiger partial charge in [0, 0.05) is 30.0 Å². The summed E-state index contributed by atoms with van der Waals surface area (Å²) < 4.78 is 0. The van der Waals surface area contributed by atoms with Crippen LogP contribution in [0.4, 0.5) is 11.4 Å². The third-order valence-corrected chi connectivity index (χ3v) is 4.41. The second kappa shape index (κ2) is 6.93. The topological polar surface area (TPSA) is 45.2 Å². The molecule has 3 aromatic rings. The lowest BCUT2D eigenvalue weighted by Crippen LogP contribution is -2.30. The van der Waals surface area contributed by atoms with E-state index >= 15 is 0 Å². The maximum absolute atomic E-state index is 12.5. The average Bonchev–Trinajstić information content (AvgIpc) is 2.57. The first kappa shape index (κ1) is 17.0. The van der Waals surface area contributed by atoms with Gasteiger partial charge in [-0.25, -0.2) is 0 Å². The molecule has 0 saturated carbocycles. The van der Waals surface area contributed by atoms with E-state index in [0.29, 0.717) is 0 Å². The number of carbonyl (C=O) groups excluding carboxylic acids is 1. The van der Waals surface area contributed by atoms with Crippen LogP contribution in [0, 0.1) is 20.8 Å². The van der Waals surface area contributed by atoms with Crippen molar-refractivity contribution in [2.24, 2.45) is 0 Å². The molecule has 3 rings (SSSR count). The molecule has 128 valence electrons. The van der Waals surface area contributed by atoms with E-state index in [0.717, 1.165) is 33.4 Å². The Hall–Kier alpha value is -2.88. The summed E-state index contributed by atoms with van der Waals surface area (Å²) in [7, 11) is 1.93. The highest BCUT2D eigenvalue weighted by Crippen LogP contribution is 2.25. The Labute approximate surface area is 148 Å². The molecule has 0 aliphatic heterocycles. The van der Waals surface area contributed by atoms with Crippen LogP contribution < -0.4 is 10.2 Å². The summed E-state index contributed by atoms with van der Waals surface area (Å²) in [5, 5.41) is 4.10. The number of likely N-dealkylation sites (N-methyl/N-ethyl adjacent to an activating group) is 1. The number of fused-ring (bicyclic) bond motifs is 1. The number of anilines is 2. The van der Waals surface area contributed by atoms with Crippen LogP contribution in [-0.2, 0) is 4.79 Å². The Morgan fingerprint density at radius 1 is 1.08 bits per heavy atom. The summed E-state index contributed by atoms with van der Waals surface area (Å²) in [5.41, 5.74) is 6.16. The largest absolute Gasteiger partial charge is 0.365 e. The van der Waals surface area contributed by atoms with Gasteiger partial charge in [0.2, 0.25) is 5.91 Å². The molecule has 0 atom stereocenters. The van der Waals surface area contributed by atoms with Gasteiger partial charge < -0.3 is 10.2 Å². The highest BCUT2D eigenvalue weighted by Gasteiger charge is 2.13. The van der Waals surface area contributed by atoms with Crippen molar-refractivity contribution in [3.63, 3.8) is 0 Å². The summed E-state index contributed by atoms with van der Waals surface area (Å²) in [6.07, 6.45) is 1.78. The van der Waals surface area contributed by atoms with Crippen molar-refractivity contribution in [1.82, 2.24) is 4.98 Å². The maximum Gasteiger partial charge on any atom is 0.243 e. The molecule has 4 heteroatoms. The molecule has 0 spiro atoms. The molecule has 0 unspecified atom stereocenters. The second-order valence-corrected chi connectivity index (χ2v) is 6.52. The minimum Gasteiger partial charge on any atom is -0.365 e. The molecule has 0 radical (unpaired) electrons. The monoisotopic (exact) mass is 333 g/mol. The fraction of sp³-hybridized carbons (Fsp3) is 0.238. The first-order valence-electron chi connectivity index (χ1n) is 8.38. The molecule has 1 heterocycles. The highest BCUT2D eigenvalue weighted by molar-refractivity contribution is 5.98. The van der Waals surface area contributed by atoms with Crippen LogP contribution >= 0.6 is 0 Å². The van der Waals surface area contributed by atoms with Gasteiger partial charge in [0.1, 0.15) is 0 Å². The Morgan fingerprint density at radius 2 is 1.80 bits per heavy atom. The van der Waals surface area contributed by atoms with Crippen LogP contribution in [0.1, 0.15) is 16.7 Å². The van der Waals surface area contributed by atoms with Crippen LogP contribution in [0.15, 0.2) is 48.7 Å². The number of aromatic nitrogens is 1. The normalized spacial score (nSPS) is 10.7. The molecule has 1 amide bonds. The van der Waals surface area contributed by atoms with E-state index in [1.807, 2.05) is 62.2 Å². The number of amides is 1. The van der Waals surface area contributed by atoms with Gasteiger partial charge >= 0.3 is 0 Å². The van der Waals surface area contributed by atoms with Crippen molar-refractivity contribution in [3.8, 4) is 0 Å². The Balaban J connectivity index is 1.82. The van der Waals surface area contributed by atoms with E-state index in [-0.39, 0.29) is 12.5 Å². The van der Waals surface area contributed by atoms with Gasteiger partial charge in [-0.15, -0.1) is 0 Å². The molecule has 25 heavy (non-hydrogen) atoms. The molecule has 0 aliphatic rings. The molecule has 0 bridgehead atoms. The van der Waals surface area contributed by atoms with E-state index in [1.165, 1.54) is 5.56 Å². The van der Waals surface area contributed by atoms with Gasteiger partial charge in [0.25, 0.3) is 0 Å². The van der Waals surface area contributed by atoms with Gasteiger partial charge in [-0.05, 0) is 50.1 Å². The molecule has 4 nitrogen and oxygen atoms in total. The zero-order valence-electron chi connectivity index (χ0n) is 15.1. The summed E-state index contributed by atoms with van der Waals surface area (Å²) in [6, 6.07) is 14.1. The highest BCUT2D eigenvalue weighted by atomic mass is 16.2. The summed E-state index contributed by atoms with van der Waals surface area (Å²) >= 11 is 0. The van der Waals surface area contributed by atoms with Gasteiger partial charge in [-0.1, -0.05) is 29.8 Å². The lowest BCUT2D eigenvalue weighted by Gasteiger charge is -2.21. The molecule has 0 aliphatic carbocycles. The van der Waals surface area contributed by atoms with Crippen molar-refractivity contribution < 1.29 is 4.79 Å². The van der Waals surface area contributed by atoms with Crippen molar-refractivity contribution in [1.29, 1.82) is 0 Å². The van der Waals surface area contributed by atoms with Gasteiger partial charge in [-0.2, -0.15) is 0 Å². The van der Waals surface area contributed by atoms with E-state index in [9.17, 15) is 4.79 Å². The third kappa shape index (κ3) is 3.63. The minimum absolute atomic E-state index is 0.0301. The average molecular weight is 333 g/mol. The predicted octanol–water partition coefficient (Wildman–Crippen LogP) is 4.23. The Morgan fingerprint density at radius 3 is 2.52 bits per heavy atom. The van der Waals surface area contributed by atoms with Crippen LogP contribution in [0.25, 0.3) is 10.9 Å². The van der Waals surface area contributed by atoms with Crippen molar-refractivity contribution in [3.05, 3.63) is 65.4 Å². The van der Waals surface area contributed by atoms with E-state index in [1.54, 1.807) is 6.20 Å². The van der Waals surface area contributed by atoms with Crippen molar-refractivity contribution in [2.45, 2.75) is 20.8 Å². The summed E-state index contributed by atoms with van der Waals surface area (Å²) in [6.45, 7) is 6.35. The lowest BCUT2D eigenvalue weighted by molar-refractivity contribution is -0.114. The molecular weight excluding hydrogens is 310 g/mol. The zero-order chi connectivity index (χ0) is 18.0. The number of nitrogens with one attached hydrogen (secondary N) is 1. The van der Waals surface area contributed by atoms with Gasteiger partial charge in [-0.3, -0.25) is 9.78 Å². The fourth-order valence-corrected chi connectivity index (χ4v) is 3.07. The first-order chi connectivity index (χ1) is 12.0. The number of carbonyl (C=O) groups is 1. The predicted molar refractivity (Wildman–Crippen MR) is 104 cm³/mol. The van der Waals surface area contributed by atoms with Crippen LogP contribution in [0.2, 0.25) is 0 Å². The number of para-hydroxylation sites is 1. The second-order valence-electron chi connectivity index (χ2n) is 6.52. The molecule has 0 fully saturated rings. The molecule has 2 aromatic carbocycles. The van der Waals surface area contributed by atoms with Crippen molar-refractivity contribution in [2.75, 3.05) is 23.8 Å². The maximum atomic E-state index is 12.5. The molecule has 1 N–H and O–H groups in total. The zero-order valence-corrected chi connectivity index (χ0v) is 15.1. The molecular formula is C21H23N3O. The van der Waals surface area contributed by atoms with Gasteiger partial charge in [0.05, 0.1) is 12.1 Å². The molecule has 1 aromatic heterocycles. The van der Waals surface area contributed by atoms with Crippen molar-refractivity contribution >= 4 is 28.2 Å².